The maximum absolute atomic E-state index is 10.6. The third-order valence-electron chi connectivity index (χ3n) is 5.46. The summed E-state index contributed by atoms with van der Waals surface area (Å²) in [5.41, 5.74) is 3.00. The summed E-state index contributed by atoms with van der Waals surface area (Å²) in [5.74, 6) is 0.347. The number of hydrogen-bond donors (Lipinski definition) is 1. The van der Waals surface area contributed by atoms with Gasteiger partial charge in [-0.05, 0) is 54.9 Å². The zero-order valence-electron chi connectivity index (χ0n) is 20.0. The summed E-state index contributed by atoms with van der Waals surface area (Å²) in [7, 11) is 0. The molecule has 206 valence electrons. The summed E-state index contributed by atoms with van der Waals surface area (Å²) in [4.78, 5) is 10.6. The predicted molar refractivity (Wildman–Crippen MR) is 156 cm³/mol. The number of nitrogens with zero attached hydrogens (tertiary/aromatic N) is 1. The lowest BCUT2D eigenvalue weighted by atomic mass is 9.98. The Morgan fingerprint density at radius 3 is 1.42 bits per heavy atom. The van der Waals surface area contributed by atoms with Gasteiger partial charge in [0.25, 0.3) is 0 Å². The van der Waals surface area contributed by atoms with Crippen molar-refractivity contribution in [3.05, 3.63) is 102 Å². The molecule has 2 aromatic carbocycles. The number of aryl methyl sites for hydroxylation is 1. The van der Waals surface area contributed by atoms with Crippen LogP contribution in [-0.2, 0) is 6.54 Å². The molecule has 0 aliphatic rings. The molecule has 1 aromatic heterocycles. The molecule has 1 heterocycles. The van der Waals surface area contributed by atoms with Crippen molar-refractivity contribution in [2.45, 2.75) is 95.5 Å². The largest absolute Gasteiger partial charge is 1.00 e. The Morgan fingerprint density at radius 2 is 1.08 bits per heavy atom. The van der Waals surface area contributed by atoms with E-state index in [0.717, 1.165) is 13.0 Å². The smallest absolute Gasteiger partial charge is 0.335 e. The SMILES string of the molecule is C.C.C.C.CCC(C)c1ccc(C(=O)O)cc1.CCC(C)c1ccccc1.CC[n+]1ccccc1.[Cl-]. The van der Waals surface area contributed by atoms with Gasteiger partial charge in [-0.1, -0.05) is 106 Å². The molecule has 2 unspecified atom stereocenters. The molecule has 3 aromatic rings. The van der Waals surface area contributed by atoms with Crippen LogP contribution in [0.25, 0.3) is 0 Å². The van der Waals surface area contributed by atoms with Crippen molar-refractivity contribution < 1.29 is 26.9 Å². The number of aromatic nitrogens is 1. The van der Waals surface area contributed by atoms with Gasteiger partial charge in [0.1, 0.15) is 6.54 Å². The van der Waals surface area contributed by atoms with Gasteiger partial charge in [0.05, 0.1) is 5.56 Å². The van der Waals surface area contributed by atoms with Crippen molar-refractivity contribution >= 4 is 5.97 Å². The first-order chi connectivity index (χ1) is 14.9. The Kier molecular flexibility index (Phi) is 30.7. The molecule has 0 fully saturated rings. The lowest BCUT2D eigenvalue weighted by Gasteiger charge is -2.08. The van der Waals surface area contributed by atoms with E-state index in [1.807, 2.05) is 30.3 Å². The van der Waals surface area contributed by atoms with E-state index in [9.17, 15) is 4.79 Å². The van der Waals surface area contributed by atoms with Crippen LogP contribution < -0.4 is 17.0 Å². The van der Waals surface area contributed by atoms with Crippen molar-refractivity contribution in [3.8, 4) is 0 Å². The van der Waals surface area contributed by atoms with E-state index < -0.39 is 5.97 Å². The quantitative estimate of drug-likeness (QED) is 0.371. The summed E-state index contributed by atoms with van der Waals surface area (Å²) < 4.78 is 2.12. The van der Waals surface area contributed by atoms with Gasteiger partial charge in [0.2, 0.25) is 0 Å². The second-order valence-corrected chi connectivity index (χ2v) is 7.66. The molecule has 0 radical (unpaired) electrons. The van der Waals surface area contributed by atoms with Crippen molar-refractivity contribution in [2.24, 2.45) is 0 Å². The Bertz CT molecular complexity index is 852. The highest BCUT2D eigenvalue weighted by molar-refractivity contribution is 5.87. The molecule has 0 bridgehead atoms. The average molecular weight is 520 g/mol. The fraction of sp³-hybridized carbons (Fsp3) is 0.438. The van der Waals surface area contributed by atoms with Crippen LogP contribution in [0.15, 0.2) is 85.2 Å². The molecular weight excluding hydrogens is 466 g/mol. The number of pyridine rings is 1. The molecule has 36 heavy (non-hydrogen) atoms. The van der Waals surface area contributed by atoms with E-state index in [4.69, 9.17) is 5.11 Å². The number of carbonyl (C=O) groups is 1. The van der Waals surface area contributed by atoms with E-state index >= 15 is 0 Å². The van der Waals surface area contributed by atoms with Gasteiger partial charge in [-0.3, -0.25) is 0 Å². The highest BCUT2D eigenvalue weighted by Crippen LogP contribution is 2.18. The first-order valence-corrected chi connectivity index (χ1v) is 11.2. The molecule has 0 aliphatic carbocycles. The van der Waals surface area contributed by atoms with Gasteiger partial charge in [-0.15, -0.1) is 0 Å². The zero-order chi connectivity index (χ0) is 23.1. The molecule has 0 saturated heterocycles. The van der Waals surface area contributed by atoms with E-state index in [1.54, 1.807) is 12.1 Å². The molecule has 0 spiro atoms. The maximum atomic E-state index is 10.6. The van der Waals surface area contributed by atoms with Gasteiger partial charge < -0.3 is 17.5 Å². The Morgan fingerprint density at radius 1 is 0.694 bits per heavy atom. The van der Waals surface area contributed by atoms with Crippen molar-refractivity contribution in [2.75, 3.05) is 0 Å². The van der Waals surface area contributed by atoms with Gasteiger partial charge in [0.15, 0.2) is 12.4 Å². The fourth-order valence-electron chi connectivity index (χ4n) is 2.85. The Balaban J connectivity index is -0.000000128. The van der Waals surface area contributed by atoms with E-state index in [1.165, 1.54) is 17.5 Å². The second-order valence-electron chi connectivity index (χ2n) is 7.66. The number of halogens is 1. The monoisotopic (exact) mass is 519 g/mol. The van der Waals surface area contributed by atoms with Crippen LogP contribution in [0.3, 0.4) is 0 Å². The minimum Gasteiger partial charge on any atom is -1.00 e. The van der Waals surface area contributed by atoms with Crippen LogP contribution >= 0.6 is 0 Å². The third kappa shape index (κ3) is 16.9. The first-order valence-electron chi connectivity index (χ1n) is 11.2. The van der Waals surface area contributed by atoms with Gasteiger partial charge in [-0.2, -0.15) is 0 Å². The lowest BCUT2D eigenvalue weighted by Crippen LogP contribution is -3.00. The van der Waals surface area contributed by atoms with Crippen LogP contribution in [0.2, 0.25) is 0 Å². The van der Waals surface area contributed by atoms with Crippen molar-refractivity contribution in [3.63, 3.8) is 0 Å². The summed E-state index contributed by atoms with van der Waals surface area (Å²) in [5, 5.41) is 8.67. The van der Waals surface area contributed by atoms with Crippen LogP contribution in [0.4, 0.5) is 0 Å². The van der Waals surface area contributed by atoms with Crippen molar-refractivity contribution in [1.29, 1.82) is 0 Å². The Labute approximate surface area is 230 Å². The molecule has 0 saturated carbocycles. The number of hydrogen-bond acceptors (Lipinski definition) is 1. The molecule has 1 N–H and O–H groups in total. The summed E-state index contributed by atoms with van der Waals surface area (Å²) in [6.07, 6.45) is 6.41. The standard InChI is InChI=1S/C11H14O2.C10H14.C7H10N.4CH4.ClH/c1-3-8(2)9-4-6-10(7-5-9)11(12)13;1-3-9(2)10-7-5-4-6-8-10;1-2-8-6-4-3-5-7-8;;;;;/h4-8H,3H2,1-2H3,(H,12,13);4-9H,3H2,1-2H3;3-7H,2H2,1H3;4*1H4;1H/q;;+1;;;;;/p-1. The van der Waals surface area contributed by atoms with Crippen LogP contribution in [0, 0.1) is 0 Å². The van der Waals surface area contributed by atoms with Gasteiger partial charge in [0, 0.05) is 12.1 Å². The topological polar surface area (TPSA) is 41.2 Å². The number of benzene rings is 2. The second kappa shape index (κ2) is 25.4. The molecule has 2 atom stereocenters. The summed E-state index contributed by atoms with van der Waals surface area (Å²) in [6, 6.07) is 23.8. The van der Waals surface area contributed by atoms with Gasteiger partial charge in [-0.25, -0.2) is 9.36 Å². The number of aromatic carboxylic acids is 1. The van der Waals surface area contributed by atoms with Crippen LogP contribution in [0.5, 0.6) is 0 Å². The summed E-state index contributed by atoms with van der Waals surface area (Å²) >= 11 is 0. The van der Waals surface area contributed by atoms with Crippen LogP contribution in [-0.4, -0.2) is 11.1 Å². The average Bonchev–Trinajstić information content (AvgIpc) is 2.85. The Hall–Kier alpha value is -2.65. The highest BCUT2D eigenvalue weighted by Gasteiger charge is 2.05. The van der Waals surface area contributed by atoms with E-state index in [0.29, 0.717) is 17.4 Å². The third-order valence-corrected chi connectivity index (χ3v) is 5.46. The molecule has 3 nitrogen and oxygen atoms in total. The van der Waals surface area contributed by atoms with E-state index in [2.05, 4.69) is 81.9 Å². The fourth-order valence-corrected chi connectivity index (χ4v) is 2.85. The zero-order valence-corrected chi connectivity index (χ0v) is 20.8. The molecular formula is C32H54ClNO2. The normalized spacial score (nSPS) is 10.1. The van der Waals surface area contributed by atoms with Crippen molar-refractivity contribution in [1.82, 2.24) is 0 Å². The number of carboxylic acids is 1. The molecule has 3 rings (SSSR count). The minimum absolute atomic E-state index is 0. The molecule has 0 aliphatic heterocycles. The summed E-state index contributed by atoms with van der Waals surface area (Å²) in [6.45, 7) is 11.9. The number of rotatable bonds is 6. The number of carboxylic acid groups (broad SMARTS) is 1. The van der Waals surface area contributed by atoms with Crippen LogP contribution in [0.1, 0.15) is 110 Å². The molecule has 4 heteroatoms. The van der Waals surface area contributed by atoms with Gasteiger partial charge >= 0.3 is 5.97 Å². The highest BCUT2D eigenvalue weighted by atomic mass is 35.5. The first kappa shape index (κ1) is 43.4. The lowest BCUT2D eigenvalue weighted by molar-refractivity contribution is -0.693. The predicted octanol–water partition coefficient (Wildman–Crippen LogP) is 6.64. The maximum Gasteiger partial charge on any atom is 0.335 e. The van der Waals surface area contributed by atoms with E-state index in [-0.39, 0.29) is 42.1 Å². The molecule has 0 amide bonds. The minimum atomic E-state index is -0.865.